The molecule has 1 atom stereocenters. The summed E-state index contributed by atoms with van der Waals surface area (Å²) < 4.78 is 0. The Labute approximate surface area is 360 Å². The van der Waals surface area contributed by atoms with E-state index in [1.54, 1.807) is 0 Å². The van der Waals surface area contributed by atoms with Gasteiger partial charge >= 0.3 is 0 Å². The van der Waals surface area contributed by atoms with E-state index in [-0.39, 0.29) is 5.92 Å². The van der Waals surface area contributed by atoms with Gasteiger partial charge in [-0.05, 0) is 152 Å². The maximum atomic E-state index is 2.42. The van der Waals surface area contributed by atoms with E-state index in [2.05, 4.69) is 223 Å². The van der Waals surface area contributed by atoms with Gasteiger partial charge in [0.15, 0.2) is 0 Å². The average molecular weight is 782 g/mol. The van der Waals surface area contributed by atoms with Crippen LogP contribution < -0.4 is 4.90 Å². The van der Waals surface area contributed by atoms with Crippen LogP contribution in [0.15, 0.2) is 218 Å². The molecular weight excluding hydrogens is 735 g/mol. The fourth-order valence-corrected chi connectivity index (χ4v) is 9.35. The number of nitrogens with zero attached hydrogens (tertiary/aromatic N) is 1. The van der Waals surface area contributed by atoms with Crippen molar-refractivity contribution >= 4 is 17.1 Å². The summed E-state index contributed by atoms with van der Waals surface area (Å²) in [6.45, 7) is 0. The quantitative estimate of drug-likeness (QED) is 0.126. The molecule has 1 heteroatoms. The molecule has 0 aliphatic heterocycles. The normalized spacial score (nSPS) is 13.0. The third-order valence-electron chi connectivity index (χ3n) is 13.1. The Balaban J connectivity index is 0.975. The van der Waals surface area contributed by atoms with Gasteiger partial charge in [0.05, 0.1) is 0 Å². The number of hydrogen-bond donors (Lipinski definition) is 0. The Morgan fingerprint density at radius 3 is 1.20 bits per heavy atom. The van der Waals surface area contributed by atoms with Crippen LogP contribution in [0.4, 0.5) is 17.1 Å². The summed E-state index contributed by atoms with van der Waals surface area (Å²) in [6.07, 6.45) is 5.67. The van der Waals surface area contributed by atoms with E-state index >= 15 is 0 Å². The highest BCUT2D eigenvalue weighted by Crippen LogP contribution is 2.40. The van der Waals surface area contributed by atoms with Crippen molar-refractivity contribution in [3.05, 3.63) is 257 Å². The van der Waals surface area contributed by atoms with Crippen molar-refractivity contribution in [2.24, 2.45) is 0 Å². The first kappa shape index (κ1) is 36.8. The summed E-state index contributed by atoms with van der Waals surface area (Å²) in [4.78, 5) is 2.42. The standard InChI is InChI=1S/C60H47N/c1-3-8-43(9-4-1)45-16-14-42(15-17-45)38-60(51-24-18-47(19-25-51)52-26-20-48-21-27-53(48)39-52)56-12-7-13-59(41-56)61(57-34-30-46(31-35-57)44-10-5-2-6-11-44)58-36-32-50(33-37-58)55-29-23-49-22-28-54(49)40-55/h1-20,23-26,29-37,39-41,60H,21-22,27-28,38H2/t60-/m0/s1. The van der Waals surface area contributed by atoms with E-state index in [1.165, 1.54) is 109 Å². The maximum absolute atomic E-state index is 2.42. The Hall–Kier alpha value is -7.22. The van der Waals surface area contributed by atoms with Crippen LogP contribution in [0.5, 0.6) is 0 Å². The predicted octanol–water partition coefficient (Wildman–Crippen LogP) is 15.4. The Morgan fingerprint density at radius 2 is 0.721 bits per heavy atom. The highest BCUT2D eigenvalue weighted by Gasteiger charge is 2.21. The van der Waals surface area contributed by atoms with E-state index in [9.17, 15) is 0 Å². The van der Waals surface area contributed by atoms with Gasteiger partial charge in [0, 0.05) is 23.0 Å². The molecule has 0 saturated heterocycles. The van der Waals surface area contributed by atoms with Crippen LogP contribution in [0.3, 0.4) is 0 Å². The fraction of sp³-hybridized carbons (Fsp3) is 0.100. The van der Waals surface area contributed by atoms with Crippen LogP contribution >= 0.6 is 0 Å². The molecule has 61 heavy (non-hydrogen) atoms. The SMILES string of the molecule is c1ccc(-c2ccc(C[C@@H](c3ccc(-c4ccc5c(c4)CC5)cc3)c3cccc(N(c4ccc(-c5ccccc5)cc4)c4ccc(-c5ccc6c(c5)CC6)cc4)c3)cc2)cc1. The van der Waals surface area contributed by atoms with E-state index < -0.39 is 0 Å². The second-order valence-corrected chi connectivity index (χ2v) is 16.8. The van der Waals surface area contributed by atoms with Crippen molar-refractivity contribution in [1.29, 1.82) is 0 Å². The minimum Gasteiger partial charge on any atom is -0.310 e. The molecular formula is C60H47N. The fourth-order valence-electron chi connectivity index (χ4n) is 9.35. The van der Waals surface area contributed by atoms with E-state index in [0.717, 1.165) is 23.5 Å². The van der Waals surface area contributed by atoms with Gasteiger partial charge in [0.25, 0.3) is 0 Å². The topological polar surface area (TPSA) is 3.24 Å². The summed E-state index contributed by atoms with van der Waals surface area (Å²) in [6, 6.07) is 81.3. The van der Waals surface area contributed by atoms with Crippen molar-refractivity contribution in [2.75, 3.05) is 4.90 Å². The zero-order valence-corrected chi connectivity index (χ0v) is 34.3. The lowest BCUT2D eigenvalue weighted by Crippen LogP contribution is -2.12. The van der Waals surface area contributed by atoms with Crippen molar-refractivity contribution in [2.45, 2.75) is 38.0 Å². The van der Waals surface area contributed by atoms with Gasteiger partial charge in [-0.3, -0.25) is 0 Å². The van der Waals surface area contributed by atoms with E-state index in [4.69, 9.17) is 0 Å². The molecule has 2 aliphatic carbocycles. The minimum absolute atomic E-state index is 0.147. The number of aryl methyl sites for hydroxylation is 4. The summed E-state index contributed by atoms with van der Waals surface area (Å²) in [5, 5.41) is 0. The molecule has 2 aliphatic rings. The monoisotopic (exact) mass is 781 g/mol. The lowest BCUT2D eigenvalue weighted by atomic mass is 9.83. The van der Waals surface area contributed by atoms with Crippen LogP contribution in [0.2, 0.25) is 0 Å². The van der Waals surface area contributed by atoms with Gasteiger partial charge in [0.1, 0.15) is 0 Å². The smallest absolute Gasteiger partial charge is 0.0464 e. The van der Waals surface area contributed by atoms with Gasteiger partial charge in [-0.1, -0.05) is 182 Å². The van der Waals surface area contributed by atoms with Crippen LogP contribution in [0, 0.1) is 0 Å². The number of fused-ring (bicyclic) bond motifs is 2. The van der Waals surface area contributed by atoms with Gasteiger partial charge in [-0.25, -0.2) is 0 Å². The van der Waals surface area contributed by atoms with Crippen molar-refractivity contribution in [3.8, 4) is 44.5 Å². The Bertz CT molecular complexity index is 2950. The summed E-state index contributed by atoms with van der Waals surface area (Å²) in [7, 11) is 0. The van der Waals surface area contributed by atoms with Gasteiger partial charge in [-0.2, -0.15) is 0 Å². The molecule has 9 aromatic rings. The third kappa shape index (κ3) is 7.49. The van der Waals surface area contributed by atoms with Crippen LogP contribution in [-0.4, -0.2) is 0 Å². The van der Waals surface area contributed by atoms with Crippen molar-refractivity contribution < 1.29 is 0 Å². The summed E-state index contributed by atoms with van der Waals surface area (Å²) in [5.74, 6) is 0.147. The van der Waals surface area contributed by atoms with Crippen molar-refractivity contribution in [3.63, 3.8) is 0 Å². The molecule has 9 aromatic carbocycles. The highest BCUT2D eigenvalue weighted by atomic mass is 15.1. The molecule has 0 unspecified atom stereocenters. The minimum atomic E-state index is 0.147. The van der Waals surface area contributed by atoms with Crippen LogP contribution in [0.1, 0.15) is 44.9 Å². The third-order valence-corrected chi connectivity index (χ3v) is 13.1. The molecule has 0 radical (unpaired) electrons. The van der Waals surface area contributed by atoms with Gasteiger partial charge in [0.2, 0.25) is 0 Å². The highest BCUT2D eigenvalue weighted by molar-refractivity contribution is 5.80. The first-order valence-electron chi connectivity index (χ1n) is 21.8. The first-order valence-corrected chi connectivity index (χ1v) is 21.8. The summed E-state index contributed by atoms with van der Waals surface area (Å²) in [5.41, 5.74) is 23.3. The molecule has 0 N–H and O–H groups in total. The zero-order chi connectivity index (χ0) is 40.5. The molecule has 0 aromatic heterocycles. The number of benzene rings is 9. The predicted molar refractivity (Wildman–Crippen MR) is 256 cm³/mol. The lowest BCUT2D eigenvalue weighted by Gasteiger charge is -2.28. The van der Waals surface area contributed by atoms with Crippen LogP contribution in [0.25, 0.3) is 44.5 Å². The second-order valence-electron chi connectivity index (χ2n) is 16.8. The average Bonchev–Trinajstić information content (AvgIpc) is 3.31. The number of anilines is 3. The molecule has 0 spiro atoms. The molecule has 11 rings (SSSR count). The van der Waals surface area contributed by atoms with E-state index in [1.807, 2.05) is 0 Å². The van der Waals surface area contributed by atoms with Crippen molar-refractivity contribution in [1.82, 2.24) is 0 Å². The molecule has 0 heterocycles. The molecule has 0 bridgehead atoms. The first-order chi connectivity index (χ1) is 30.2. The second kappa shape index (κ2) is 16.1. The molecule has 0 fully saturated rings. The van der Waals surface area contributed by atoms with Gasteiger partial charge < -0.3 is 4.90 Å². The zero-order valence-electron chi connectivity index (χ0n) is 34.3. The Morgan fingerprint density at radius 1 is 0.295 bits per heavy atom. The van der Waals surface area contributed by atoms with E-state index in [0.29, 0.717) is 0 Å². The lowest BCUT2D eigenvalue weighted by molar-refractivity contribution is 0.805. The maximum Gasteiger partial charge on any atom is 0.0464 e. The van der Waals surface area contributed by atoms with Gasteiger partial charge in [-0.15, -0.1) is 0 Å². The summed E-state index contributed by atoms with van der Waals surface area (Å²) >= 11 is 0. The largest absolute Gasteiger partial charge is 0.310 e. The molecule has 292 valence electrons. The Kier molecular flexibility index (Phi) is 9.71. The van der Waals surface area contributed by atoms with Crippen LogP contribution in [-0.2, 0) is 32.1 Å². The number of rotatable bonds is 11. The molecule has 1 nitrogen and oxygen atoms in total. The number of hydrogen-bond acceptors (Lipinski definition) is 1. The molecule has 0 amide bonds. The molecule has 0 saturated carbocycles.